The minimum Gasteiger partial charge on any atom is -0.391 e. The van der Waals surface area contributed by atoms with Crippen LogP contribution in [0, 0.1) is 3.57 Å². The molecule has 2 nitrogen and oxygen atoms in total. The molecule has 3 heteroatoms. The van der Waals surface area contributed by atoms with Crippen LogP contribution in [-0.4, -0.2) is 34.7 Å². The lowest BCUT2D eigenvalue weighted by Gasteiger charge is -2.46. The summed E-state index contributed by atoms with van der Waals surface area (Å²) in [6.07, 6.45) is 2.38. The van der Waals surface area contributed by atoms with Crippen molar-refractivity contribution in [1.82, 2.24) is 4.90 Å². The monoisotopic (exact) mass is 389 g/mol. The Balaban J connectivity index is 2.93. The topological polar surface area (TPSA) is 23.5 Å². The zero-order valence-corrected chi connectivity index (χ0v) is 15.4. The minimum atomic E-state index is -0.322. The molecule has 0 aliphatic rings. The van der Waals surface area contributed by atoms with Crippen LogP contribution in [0.4, 0.5) is 0 Å². The van der Waals surface area contributed by atoms with Crippen LogP contribution in [0.2, 0.25) is 0 Å². The van der Waals surface area contributed by atoms with Crippen LogP contribution in [0.5, 0.6) is 0 Å². The van der Waals surface area contributed by atoms with Gasteiger partial charge in [0.25, 0.3) is 0 Å². The molecule has 1 rings (SSSR count). The Morgan fingerprint density at radius 3 is 1.95 bits per heavy atom. The third kappa shape index (κ3) is 3.95. The van der Waals surface area contributed by atoms with E-state index in [0.29, 0.717) is 0 Å². The Hall–Kier alpha value is -0.130. The average molecular weight is 389 g/mol. The molecular formula is C17H28INO. The number of aliphatic hydroxyl groups is 1. The van der Waals surface area contributed by atoms with Gasteiger partial charge in [0.05, 0.1) is 6.10 Å². The molecule has 0 aromatic heterocycles. The lowest BCUT2D eigenvalue weighted by Crippen LogP contribution is -2.56. The standard InChI is InChI=1S/C17H28INO/c1-5-17(6-2,19(7-3)8-4)16(20)13-14-9-11-15(18)12-10-14/h9-12,16,20H,5-8,13H2,1-4H3. The average Bonchev–Trinajstić information content (AvgIpc) is 2.47. The van der Waals surface area contributed by atoms with E-state index < -0.39 is 0 Å². The van der Waals surface area contributed by atoms with Gasteiger partial charge in [-0.05, 0) is 66.2 Å². The fourth-order valence-electron chi connectivity index (χ4n) is 3.27. The maximum Gasteiger partial charge on any atom is 0.0763 e. The number of hydrogen-bond acceptors (Lipinski definition) is 2. The predicted octanol–water partition coefficient (Wildman–Crippen LogP) is 4.10. The highest BCUT2D eigenvalue weighted by atomic mass is 127. The molecule has 0 heterocycles. The maximum atomic E-state index is 10.9. The first-order valence-electron chi connectivity index (χ1n) is 7.71. The van der Waals surface area contributed by atoms with Gasteiger partial charge in [-0.2, -0.15) is 0 Å². The number of likely N-dealkylation sites (N-methyl/N-ethyl adjacent to an activating group) is 1. The van der Waals surface area contributed by atoms with E-state index >= 15 is 0 Å². The lowest BCUT2D eigenvalue weighted by molar-refractivity contribution is -0.0340. The first-order chi connectivity index (χ1) is 9.53. The van der Waals surface area contributed by atoms with Crippen molar-refractivity contribution in [1.29, 1.82) is 0 Å². The molecule has 114 valence electrons. The van der Waals surface area contributed by atoms with Crippen molar-refractivity contribution in [2.45, 2.75) is 58.6 Å². The van der Waals surface area contributed by atoms with Crippen molar-refractivity contribution in [2.24, 2.45) is 0 Å². The molecule has 1 unspecified atom stereocenters. The summed E-state index contributed by atoms with van der Waals surface area (Å²) in [5.74, 6) is 0. The molecule has 0 amide bonds. The molecule has 1 aromatic rings. The zero-order chi connectivity index (χ0) is 15.2. The summed E-state index contributed by atoms with van der Waals surface area (Å²) >= 11 is 2.31. The number of hydrogen-bond donors (Lipinski definition) is 1. The molecular weight excluding hydrogens is 361 g/mol. The summed E-state index contributed by atoms with van der Waals surface area (Å²) in [5.41, 5.74) is 1.11. The summed E-state index contributed by atoms with van der Waals surface area (Å²) < 4.78 is 1.24. The summed E-state index contributed by atoms with van der Waals surface area (Å²) in [6.45, 7) is 10.7. The van der Waals surface area contributed by atoms with Crippen LogP contribution in [0.3, 0.4) is 0 Å². The van der Waals surface area contributed by atoms with Gasteiger partial charge < -0.3 is 5.11 Å². The molecule has 0 saturated carbocycles. The summed E-state index contributed by atoms with van der Waals surface area (Å²) in [4.78, 5) is 2.42. The first kappa shape index (κ1) is 17.9. The normalized spacial score (nSPS) is 13.8. The maximum absolute atomic E-state index is 10.9. The van der Waals surface area contributed by atoms with E-state index in [9.17, 15) is 5.11 Å². The van der Waals surface area contributed by atoms with E-state index in [0.717, 1.165) is 32.4 Å². The molecule has 0 spiro atoms. The number of rotatable bonds is 8. The number of aliphatic hydroxyl groups excluding tert-OH is 1. The van der Waals surface area contributed by atoms with E-state index in [1.807, 2.05) is 0 Å². The lowest BCUT2D eigenvalue weighted by atomic mass is 9.81. The summed E-state index contributed by atoms with van der Waals surface area (Å²) in [5, 5.41) is 10.9. The van der Waals surface area contributed by atoms with Crippen LogP contribution in [0.25, 0.3) is 0 Å². The highest BCUT2D eigenvalue weighted by molar-refractivity contribution is 14.1. The van der Waals surface area contributed by atoms with E-state index in [1.54, 1.807) is 0 Å². The van der Waals surface area contributed by atoms with Crippen LogP contribution in [-0.2, 0) is 6.42 Å². The minimum absolute atomic E-state index is 0.105. The van der Waals surface area contributed by atoms with Gasteiger partial charge in [-0.3, -0.25) is 4.90 Å². The third-order valence-electron chi connectivity index (χ3n) is 4.58. The largest absolute Gasteiger partial charge is 0.391 e. The molecule has 1 N–H and O–H groups in total. The highest BCUT2D eigenvalue weighted by Gasteiger charge is 2.38. The van der Waals surface area contributed by atoms with Crippen LogP contribution in [0.15, 0.2) is 24.3 Å². The van der Waals surface area contributed by atoms with Crippen molar-refractivity contribution in [3.8, 4) is 0 Å². The van der Waals surface area contributed by atoms with Crippen LogP contribution in [0.1, 0.15) is 46.1 Å². The van der Waals surface area contributed by atoms with Gasteiger partial charge in [0, 0.05) is 15.5 Å². The van der Waals surface area contributed by atoms with Crippen molar-refractivity contribution >= 4 is 22.6 Å². The van der Waals surface area contributed by atoms with Gasteiger partial charge >= 0.3 is 0 Å². The molecule has 0 radical (unpaired) electrons. The van der Waals surface area contributed by atoms with Crippen molar-refractivity contribution in [3.05, 3.63) is 33.4 Å². The van der Waals surface area contributed by atoms with Gasteiger partial charge in [-0.1, -0.05) is 39.8 Å². The molecule has 20 heavy (non-hydrogen) atoms. The van der Waals surface area contributed by atoms with E-state index in [2.05, 4.69) is 79.5 Å². The summed E-state index contributed by atoms with van der Waals surface area (Å²) in [6, 6.07) is 8.48. The summed E-state index contributed by atoms with van der Waals surface area (Å²) in [7, 11) is 0. The van der Waals surface area contributed by atoms with Gasteiger partial charge in [0.2, 0.25) is 0 Å². The smallest absolute Gasteiger partial charge is 0.0763 e. The Kier molecular flexibility index (Phi) is 7.48. The SMILES string of the molecule is CCN(CC)C(CC)(CC)C(O)Cc1ccc(I)cc1. The number of benzene rings is 1. The van der Waals surface area contributed by atoms with Gasteiger partial charge in [0.15, 0.2) is 0 Å². The predicted molar refractivity (Wildman–Crippen MR) is 95.1 cm³/mol. The molecule has 0 aliphatic carbocycles. The quantitative estimate of drug-likeness (QED) is 0.677. The molecule has 1 atom stereocenters. The second-order valence-electron chi connectivity index (χ2n) is 5.33. The Morgan fingerprint density at radius 2 is 1.55 bits per heavy atom. The Bertz CT molecular complexity index is 382. The van der Waals surface area contributed by atoms with Crippen molar-refractivity contribution in [2.75, 3.05) is 13.1 Å². The molecule has 0 saturated heterocycles. The van der Waals surface area contributed by atoms with Gasteiger partial charge in [0.1, 0.15) is 0 Å². The number of halogens is 1. The van der Waals surface area contributed by atoms with Gasteiger partial charge in [-0.25, -0.2) is 0 Å². The Labute approximate surface area is 137 Å². The highest BCUT2D eigenvalue weighted by Crippen LogP contribution is 2.30. The van der Waals surface area contributed by atoms with Gasteiger partial charge in [-0.15, -0.1) is 0 Å². The zero-order valence-electron chi connectivity index (χ0n) is 13.2. The molecule has 0 fully saturated rings. The van der Waals surface area contributed by atoms with E-state index in [-0.39, 0.29) is 11.6 Å². The second kappa shape index (κ2) is 8.35. The van der Waals surface area contributed by atoms with Crippen molar-refractivity contribution in [3.63, 3.8) is 0 Å². The fourth-order valence-corrected chi connectivity index (χ4v) is 3.63. The molecule has 1 aromatic carbocycles. The van der Waals surface area contributed by atoms with Crippen LogP contribution < -0.4 is 0 Å². The van der Waals surface area contributed by atoms with E-state index in [4.69, 9.17) is 0 Å². The second-order valence-corrected chi connectivity index (χ2v) is 6.57. The van der Waals surface area contributed by atoms with Crippen molar-refractivity contribution < 1.29 is 5.11 Å². The van der Waals surface area contributed by atoms with Crippen LogP contribution >= 0.6 is 22.6 Å². The molecule has 0 aliphatic heterocycles. The third-order valence-corrected chi connectivity index (χ3v) is 5.30. The first-order valence-corrected chi connectivity index (χ1v) is 8.79. The fraction of sp³-hybridized carbons (Fsp3) is 0.647. The Morgan fingerprint density at radius 1 is 1.05 bits per heavy atom. The molecule has 0 bridgehead atoms. The van der Waals surface area contributed by atoms with E-state index in [1.165, 1.54) is 9.13 Å². The number of nitrogens with zero attached hydrogens (tertiary/aromatic N) is 1.